The lowest BCUT2D eigenvalue weighted by Crippen LogP contribution is -2.42. The number of nitrogens with one attached hydrogen (secondary N) is 3. The average Bonchev–Trinajstić information content (AvgIpc) is 3.27. The fraction of sp³-hybridized carbons (Fsp3) is 0.125. The van der Waals surface area contributed by atoms with Gasteiger partial charge in [-0.2, -0.15) is 0 Å². The highest BCUT2D eigenvalue weighted by Crippen LogP contribution is 2.19. The first kappa shape index (κ1) is 18.2. The number of aromatic nitrogens is 4. The number of nitrogens with zero attached hydrogens (tertiary/aromatic N) is 3. The summed E-state index contributed by atoms with van der Waals surface area (Å²) in [4.78, 5) is 26.6. The first-order valence-corrected chi connectivity index (χ1v) is 9.34. The largest absolute Gasteiger partial charge is 0.356 e. The molecule has 0 unspecified atom stereocenters. The Morgan fingerprint density at radius 3 is 2.73 bits per heavy atom. The summed E-state index contributed by atoms with van der Waals surface area (Å²) in [6.45, 7) is 2.01. The Bertz CT molecular complexity index is 921. The minimum absolute atomic E-state index is 0.0826. The van der Waals surface area contributed by atoms with Crippen molar-refractivity contribution >= 4 is 39.5 Å². The molecule has 26 heavy (non-hydrogen) atoms. The fourth-order valence-corrected chi connectivity index (χ4v) is 3.14. The van der Waals surface area contributed by atoms with E-state index in [9.17, 15) is 9.59 Å². The summed E-state index contributed by atoms with van der Waals surface area (Å²) < 4.78 is 2.55. The summed E-state index contributed by atoms with van der Waals surface area (Å²) >= 11 is 4.46. The Hall–Kier alpha value is -2.59. The first-order chi connectivity index (χ1) is 12.5. The van der Waals surface area contributed by atoms with Crippen molar-refractivity contribution in [1.29, 1.82) is 0 Å². The number of hydrogen-bond acceptors (Lipinski definition) is 5. The second kappa shape index (κ2) is 8.19. The van der Waals surface area contributed by atoms with Crippen LogP contribution in [0, 0.1) is 6.92 Å². The van der Waals surface area contributed by atoms with Gasteiger partial charge in [-0.25, -0.2) is 0 Å². The summed E-state index contributed by atoms with van der Waals surface area (Å²) in [6.07, 6.45) is 3.22. The molecule has 0 radical (unpaired) electrons. The van der Waals surface area contributed by atoms with Gasteiger partial charge < -0.3 is 4.98 Å². The normalized spacial score (nSPS) is 10.5. The second-order valence-electron chi connectivity index (χ2n) is 5.34. The van der Waals surface area contributed by atoms with Crippen molar-refractivity contribution in [3.8, 4) is 5.69 Å². The molecule has 2 amide bonds. The summed E-state index contributed by atoms with van der Waals surface area (Å²) in [7, 11) is 0. The van der Waals surface area contributed by atoms with Crippen LogP contribution >= 0.6 is 27.7 Å². The van der Waals surface area contributed by atoms with Crippen LogP contribution in [-0.4, -0.2) is 37.3 Å². The highest BCUT2D eigenvalue weighted by Gasteiger charge is 2.12. The van der Waals surface area contributed by atoms with Gasteiger partial charge in [0.25, 0.3) is 5.91 Å². The van der Waals surface area contributed by atoms with Crippen molar-refractivity contribution in [1.82, 2.24) is 30.6 Å². The highest BCUT2D eigenvalue weighted by molar-refractivity contribution is 9.10. The maximum atomic E-state index is 11.9. The molecule has 1 aromatic carbocycles. The van der Waals surface area contributed by atoms with Crippen molar-refractivity contribution in [2.75, 3.05) is 5.75 Å². The van der Waals surface area contributed by atoms with E-state index >= 15 is 0 Å². The van der Waals surface area contributed by atoms with Gasteiger partial charge in [0.15, 0.2) is 5.16 Å². The Kier molecular flexibility index (Phi) is 5.74. The van der Waals surface area contributed by atoms with Crippen molar-refractivity contribution in [2.45, 2.75) is 12.1 Å². The molecule has 3 aromatic rings. The predicted molar refractivity (Wildman–Crippen MR) is 101 cm³/mol. The van der Waals surface area contributed by atoms with Gasteiger partial charge in [0.1, 0.15) is 12.0 Å². The number of hydrogen-bond donors (Lipinski definition) is 3. The molecule has 8 nitrogen and oxygen atoms in total. The second-order valence-corrected chi connectivity index (χ2v) is 7.20. The molecule has 3 rings (SSSR count). The number of aromatic amines is 1. The van der Waals surface area contributed by atoms with E-state index in [1.165, 1.54) is 11.8 Å². The molecule has 134 valence electrons. The molecule has 2 heterocycles. The molecule has 0 atom stereocenters. The van der Waals surface area contributed by atoms with Crippen LogP contribution in [0.1, 0.15) is 16.1 Å². The Balaban J connectivity index is 1.53. The van der Waals surface area contributed by atoms with Gasteiger partial charge in [0.2, 0.25) is 5.91 Å². The number of benzene rings is 1. The Labute approximate surface area is 161 Å². The van der Waals surface area contributed by atoms with Gasteiger partial charge in [0.05, 0.1) is 5.75 Å². The van der Waals surface area contributed by atoms with E-state index in [0.717, 1.165) is 15.7 Å². The number of halogens is 1. The van der Waals surface area contributed by atoms with Crippen LogP contribution in [0.15, 0.2) is 52.5 Å². The topological polar surface area (TPSA) is 105 Å². The monoisotopic (exact) mass is 434 g/mol. The molecular formula is C16H15BrN6O2S. The van der Waals surface area contributed by atoms with Crippen LogP contribution < -0.4 is 10.9 Å². The maximum Gasteiger partial charge on any atom is 0.286 e. The minimum Gasteiger partial charge on any atom is -0.356 e. The van der Waals surface area contributed by atoms with Crippen molar-refractivity contribution in [2.24, 2.45) is 0 Å². The third kappa shape index (κ3) is 4.52. The third-order valence-corrected chi connectivity index (χ3v) is 4.77. The zero-order valence-electron chi connectivity index (χ0n) is 13.7. The Morgan fingerprint density at radius 1 is 1.27 bits per heavy atom. The molecule has 0 aliphatic heterocycles. The molecule has 0 fully saturated rings. The lowest BCUT2D eigenvalue weighted by Gasteiger charge is -2.08. The molecule has 0 aliphatic rings. The number of carbonyl (C=O) groups excluding carboxylic acids is 2. The number of hydrazine groups is 1. The van der Waals surface area contributed by atoms with Crippen LogP contribution in [0.2, 0.25) is 0 Å². The SMILES string of the molecule is Cc1ccc(-n2cnnc2SCC(=O)NNC(=O)c2cc(Br)c[nH]2)cc1. The molecule has 10 heteroatoms. The molecule has 0 saturated heterocycles. The number of aryl methyl sites for hydroxylation is 1. The lowest BCUT2D eigenvalue weighted by atomic mass is 10.2. The van der Waals surface area contributed by atoms with E-state index in [0.29, 0.717) is 10.9 Å². The number of H-pyrrole nitrogens is 1. The average molecular weight is 435 g/mol. The van der Waals surface area contributed by atoms with Crippen molar-refractivity contribution < 1.29 is 9.59 Å². The van der Waals surface area contributed by atoms with Crippen molar-refractivity contribution in [3.05, 3.63) is 58.6 Å². The van der Waals surface area contributed by atoms with E-state index in [1.54, 1.807) is 23.2 Å². The summed E-state index contributed by atoms with van der Waals surface area (Å²) in [5.41, 5.74) is 7.12. The molecule has 0 saturated carbocycles. The zero-order valence-corrected chi connectivity index (χ0v) is 16.1. The Morgan fingerprint density at radius 2 is 2.04 bits per heavy atom. The summed E-state index contributed by atoms with van der Waals surface area (Å²) in [5.74, 6) is -0.705. The van der Waals surface area contributed by atoms with E-state index in [2.05, 4.69) is 42.0 Å². The van der Waals surface area contributed by atoms with Crippen LogP contribution in [0.4, 0.5) is 0 Å². The van der Waals surface area contributed by atoms with Gasteiger partial charge in [-0.3, -0.25) is 25.0 Å². The zero-order chi connectivity index (χ0) is 18.5. The van der Waals surface area contributed by atoms with Crippen LogP contribution in [0.3, 0.4) is 0 Å². The van der Waals surface area contributed by atoms with Crippen LogP contribution in [0.25, 0.3) is 5.69 Å². The van der Waals surface area contributed by atoms with E-state index in [1.807, 2.05) is 31.2 Å². The highest BCUT2D eigenvalue weighted by atomic mass is 79.9. The van der Waals surface area contributed by atoms with E-state index < -0.39 is 5.91 Å². The van der Waals surface area contributed by atoms with Crippen LogP contribution in [-0.2, 0) is 4.79 Å². The van der Waals surface area contributed by atoms with Gasteiger partial charge in [-0.1, -0.05) is 29.5 Å². The fourth-order valence-electron chi connectivity index (χ4n) is 2.06. The summed E-state index contributed by atoms with van der Waals surface area (Å²) in [6, 6.07) is 9.51. The van der Waals surface area contributed by atoms with Crippen molar-refractivity contribution in [3.63, 3.8) is 0 Å². The quantitative estimate of drug-likeness (QED) is 0.421. The number of rotatable bonds is 5. The summed E-state index contributed by atoms with van der Waals surface area (Å²) in [5, 5.41) is 8.51. The van der Waals surface area contributed by atoms with Gasteiger partial charge >= 0.3 is 0 Å². The lowest BCUT2D eigenvalue weighted by molar-refractivity contribution is -0.119. The first-order valence-electron chi connectivity index (χ1n) is 7.56. The number of thioether (sulfide) groups is 1. The molecule has 3 N–H and O–H groups in total. The third-order valence-electron chi connectivity index (χ3n) is 3.37. The molecular weight excluding hydrogens is 420 g/mol. The number of carbonyl (C=O) groups is 2. The molecule has 0 bridgehead atoms. The number of amides is 2. The minimum atomic E-state index is -0.433. The smallest absolute Gasteiger partial charge is 0.286 e. The standard InChI is InChI=1S/C16H15BrN6O2S/c1-10-2-4-12(5-3-10)23-9-19-22-16(23)26-8-14(24)20-21-15(25)13-6-11(17)7-18-13/h2-7,9,18H,8H2,1H3,(H,20,24)(H,21,25). The molecule has 2 aromatic heterocycles. The van der Waals surface area contributed by atoms with Gasteiger partial charge in [-0.05, 0) is 41.1 Å². The van der Waals surface area contributed by atoms with Gasteiger partial charge in [-0.15, -0.1) is 10.2 Å². The van der Waals surface area contributed by atoms with E-state index in [4.69, 9.17) is 0 Å². The van der Waals surface area contributed by atoms with Gasteiger partial charge in [0, 0.05) is 16.4 Å². The van der Waals surface area contributed by atoms with Crippen LogP contribution in [0.5, 0.6) is 0 Å². The predicted octanol–water partition coefficient (Wildman–Crippen LogP) is 2.22. The maximum absolute atomic E-state index is 11.9. The molecule has 0 aliphatic carbocycles. The van der Waals surface area contributed by atoms with E-state index in [-0.39, 0.29) is 11.7 Å². The molecule has 0 spiro atoms.